The molecule has 0 aromatic heterocycles. The van der Waals surface area contributed by atoms with Crippen LogP contribution < -0.4 is 15.5 Å². The van der Waals surface area contributed by atoms with Crippen molar-refractivity contribution in [2.24, 2.45) is 0 Å². The first kappa shape index (κ1) is 27.6. The van der Waals surface area contributed by atoms with Crippen LogP contribution in [0.25, 0.3) is 0 Å². The van der Waals surface area contributed by atoms with Crippen LogP contribution in [-0.4, -0.2) is 29.8 Å². The zero-order chi connectivity index (χ0) is 28.3. The van der Waals surface area contributed by atoms with E-state index in [1.54, 1.807) is 62.4 Å². The molecule has 0 aliphatic carbocycles. The Labute approximate surface area is 231 Å². The fourth-order valence-electron chi connectivity index (χ4n) is 3.95. The highest BCUT2D eigenvalue weighted by molar-refractivity contribution is 6.53. The van der Waals surface area contributed by atoms with E-state index in [1.165, 1.54) is 12.1 Å². The van der Waals surface area contributed by atoms with Gasteiger partial charge in [-0.2, -0.15) is 0 Å². The molecule has 4 rings (SSSR count). The van der Waals surface area contributed by atoms with Gasteiger partial charge in [0.05, 0.1) is 17.4 Å². The molecule has 0 saturated heterocycles. The number of imide groups is 1. The SMILES string of the molecule is CC(C)OC(=O)c1cccc(NC(=O)c2cccc(NC3=C(Cl)C(=O)N(c4ccc(C(C)C)cc4)C3=O)c2)c1. The average Bonchev–Trinajstić information content (AvgIpc) is 3.11. The van der Waals surface area contributed by atoms with E-state index in [-0.39, 0.29) is 22.4 Å². The molecule has 1 heterocycles. The second kappa shape index (κ2) is 11.5. The Balaban J connectivity index is 1.49. The molecule has 0 bridgehead atoms. The Hall–Kier alpha value is -4.43. The summed E-state index contributed by atoms with van der Waals surface area (Å²) < 4.78 is 5.21. The normalized spacial score (nSPS) is 13.4. The van der Waals surface area contributed by atoms with Crippen LogP contribution in [-0.2, 0) is 14.3 Å². The number of ether oxygens (including phenoxy) is 1. The maximum atomic E-state index is 13.1. The van der Waals surface area contributed by atoms with Crippen molar-refractivity contribution >= 4 is 52.4 Å². The van der Waals surface area contributed by atoms with Gasteiger partial charge in [-0.25, -0.2) is 9.69 Å². The number of amides is 3. The van der Waals surface area contributed by atoms with Crippen molar-refractivity contribution in [1.29, 1.82) is 0 Å². The van der Waals surface area contributed by atoms with Crippen LogP contribution in [0.4, 0.5) is 17.1 Å². The molecule has 1 aliphatic heterocycles. The largest absolute Gasteiger partial charge is 0.459 e. The maximum absolute atomic E-state index is 13.1. The van der Waals surface area contributed by atoms with Crippen LogP contribution in [0.3, 0.4) is 0 Å². The summed E-state index contributed by atoms with van der Waals surface area (Å²) in [6.07, 6.45) is -0.269. The minimum Gasteiger partial charge on any atom is -0.459 e. The Kier molecular flexibility index (Phi) is 8.16. The van der Waals surface area contributed by atoms with Gasteiger partial charge in [0.15, 0.2) is 0 Å². The lowest BCUT2D eigenvalue weighted by atomic mass is 10.0. The molecular weight excluding hydrogens is 518 g/mol. The standard InChI is InChI=1S/C30H28ClN3O5/c1-17(2)19-11-13-24(14-12-19)34-28(36)25(31)26(29(34)37)32-22-9-5-7-20(15-22)27(35)33-23-10-6-8-21(16-23)30(38)39-18(3)4/h5-18,32H,1-4H3,(H,33,35). The highest BCUT2D eigenvalue weighted by Crippen LogP contribution is 2.31. The highest BCUT2D eigenvalue weighted by Gasteiger charge is 2.39. The second-order valence-electron chi connectivity index (χ2n) is 9.58. The Morgan fingerprint density at radius 2 is 1.44 bits per heavy atom. The van der Waals surface area contributed by atoms with Gasteiger partial charge in [0.1, 0.15) is 10.7 Å². The Morgan fingerprint density at radius 3 is 2.08 bits per heavy atom. The highest BCUT2D eigenvalue weighted by atomic mass is 35.5. The smallest absolute Gasteiger partial charge is 0.338 e. The van der Waals surface area contributed by atoms with Crippen molar-refractivity contribution < 1.29 is 23.9 Å². The summed E-state index contributed by atoms with van der Waals surface area (Å²) in [5, 5.41) is 5.40. The molecule has 0 unspecified atom stereocenters. The molecule has 2 N–H and O–H groups in total. The van der Waals surface area contributed by atoms with Gasteiger partial charge in [-0.3, -0.25) is 14.4 Å². The molecule has 9 heteroatoms. The fraction of sp³-hybridized carbons (Fsp3) is 0.200. The first-order valence-electron chi connectivity index (χ1n) is 12.4. The van der Waals surface area contributed by atoms with Crippen molar-refractivity contribution in [2.75, 3.05) is 15.5 Å². The quantitative estimate of drug-likeness (QED) is 0.263. The predicted molar refractivity (Wildman–Crippen MR) is 151 cm³/mol. The van der Waals surface area contributed by atoms with Gasteiger partial charge >= 0.3 is 5.97 Å². The van der Waals surface area contributed by atoms with Crippen LogP contribution in [0.2, 0.25) is 0 Å². The minimum atomic E-state index is -0.633. The summed E-state index contributed by atoms with van der Waals surface area (Å²) in [6.45, 7) is 7.61. The van der Waals surface area contributed by atoms with Gasteiger partial charge < -0.3 is 15.4 Å². The molecule has 0 atom stereocenters. The van der Waals surface area contributed by atoms with Crippen molar-refractivity contribution in [2.45, 2.75) is 39.7 Å². The minimum absolute atomic E-state index is 0.0801. The molecule has 0 saturated carbocycles. The molecular formula is C30H28ClN3O5. The first-order valence-corrected chi connectivity index (χ1v) is 12.8. The number of halogens is 1. The number of carbonyl (C=O) groups excluding carboxylic acids is 4. The molecule has 3 aromatic carbocycles. The molecule has 39 heavy (non-hydrogen) atoms. The third-order valence-corrected chi connectivity index (χ3v) is 6.29. The fourth-order valence-corrected chi connectivity index (χ4v) is 4.16. The molecule has 0 spiro atoms. The van der Waals surface area contributed by atoms with E-state index in [0.717, 1.165) is 10.5 Å². The van der Waals surface area contributed by atoms with E-state index in [4.69, 9.17) is 16.3 Å². The van der Waals surface area contributed by atoms with Crippen LogP contribution >= 0.6 is 11.6 Å². The van der Waals surface area contributed by atoms with Gasteiger partial charge in [0, 0.05) is 16.9 Å². The number of hydrogen-bond donors (Lipinski definition) is 2. The van der Waals surface area contributed by atoms with Crippen molar-refractivity contribution in [3.8, 4) is 0 Å². The number of rotatable bonds is 8. The molecule has 200 valence electrons. The van der Waals surface area contributed by atoms with E-state index in [1.807, 2.05) is 12.1 Å². The molecule has 0 fully saturated rings. The predicted octanol–water partition coefficient (Wildman–Crippen LogP) is 6.06. The van der Waals surface area contributed by atoms with E-state index in [9.17, 15) is 19.2 Å². The third kappa shape index (κ3) is 6.18. The van der Waals surface area contributed by atoms with Gasteiger partial charge in [-0.15, -0.1) is 0 Å². The summed E-state index contributed by atoms with van der Waals surface area (Å²) in [4.78, 5) is 52.1. The van der Waals surface area contributed by atoms with Crippen molar-refractivity contribution in [3.63, 3.8) is 0 Å². The van der Waals surface area contributed by atoms with Gasteiger partial charge in [-0.05, 0) is 73.9 Å². The monoisotopic (exact) mass is 545 g/mol. The number of nitrogens with zero attached hydrogens (tertiary/aromatic N) is 1. The van der Waals surface area contributed by atoms with Crippen LogP contribution in [0.1, 0.15) is 59.9 Å². The topological polar surface area (TPSA) is 105 Å². The first-order chi connectivity index (χ1) is 18.5. The third-order valence-electron chi connectivity index (χ3n) is 5.94. The van der Waals surface area contributed by atoms with Gasteiger partial charge in [0.25, 0.3) is 17.7 Å². The number of nitrogens with one attached hydrogen (secondary N) is 2. The van der Waals surface area contributed by atoms with Crippen LogP contribution in [0.15, 0.2) is 83.5 Å². The molecule has 1 aliphatic rings. The Morgan fingerprint density at radius 1 is 0.821 bits per heavy atom. The zero-order valence-corrected chi connectivity index (χ0v) is 22.7. The van der Waals surface area contributed by atoms with E-state index >= 15 is 0 Å². The lowest BCUT2D eigenvalue weighted by Crippen LogP contribution is -2.32. The lowest BCUT2D eigenvalue weighted by molar-refractivity contribution is -0.120. The number of carbonyl (C=O) groups is 4. The van der Waals surface area contributed by atoms with E-state index in [2.05, 4.69) is 24.5 Å². The van der Waals surface area contributed by atoms with Crippen LogP contribution in [0, 0.1) is 0 Å². The Bertz CT molecular complexity index is 1480. The van der Waals surface area contributed by atoms with E-state index < -0.39 is 23.7 Å². The summed E-state index contributed by atoms with van der Waals surface area (Å²) >= 11 is 6.27. The molecule has 8 nitrogen and oxygen atoms in total. The summed E-state index contributed by atoms with van der Waals surface area (Å²) in [6, 6.07) is 20.0. The van der Waals surface area contributed by atoms with Gasteiger partial charge in [-0.1, -0.05) is 49.7 Å². The lowest BCUT2D eigenvalue weighted by Gasteiger charge is -2.16. The van der Waals surface area contributed by atoms with Crippen molar-refractivity contribution in [3.05, 3.63) is 100 Å². The summed E-state index contributed by atoms with van der Waals surface area (Å²) in [5.74, 6) is -1.85. The van der Waals surface area contributed by atoms with Crippen LogP contribution in [0.5, 0.6) is 0 Å². The average molecular weight is 546 g/mol. The number of benzene rings is 3. The van der Waals surface area contributed by atoms with Gasteiger partial charge in [0.2, 0.25) is 0 Å². The van der Waals surface area contributed by atoms with E-state index in [0.29, 0.717) is 28.5 Å². The number of anilines is 3. The summed E-state index contributed by atoms with van der Waals surface area (Å²) in [5.41, 5.74) is 2.81. The summed E-state index contributed by atoms with van der Waals surface area (Å²) in [7, 11) is 0. The number of esters is 1. The number of hydrogen-bond acceptors (Lipinski definition) is 6. The maximum Gasteiger partial charge on any atom is 0.338 e. The molecule has 3 aromatic rings. The molecule has 0 radical (unpaired) electrons. The molecule has 3 amide bonds. The zero-order valence-electron chi connectivity index (χ0n) is 21.9. The van der Waals surface area contributed by atoms with Crippen molar-refractivity contribution in [1.82, 2.24) is 0 Å². The second-order valence-corrected chi connectivity index (χ2v) is 9.95.